The van der Waals surface area contributed by atoms with E-state index in [9.17, 15) is 4.79 Å². The molecule has 0 aliphatic carbocycles. The fourth-order valence-corrected chi connectivity index (χ4v) is 1.71. The van der Waals surface area contributed by atoms with Crippen LogP contribution in [0, 0.1) is 5.41 Å². The van der Waals surface area contributed by atoms with Gasteiger partial charge in [0, 0.05) is 18.2 Å². The maximum Gasteiger partial charge on any atom is 0.230 e. The second kappa shape index (κ2) is 4.69. The Kier molecular flexibility index (Phi) is 3.93. The molecule has 94 valence electrons. The molecule has 2 unspecified atom stereocenters. The number of rotatable bonds is 4. The quantitative estimate of drug-likeness (QED) is 0.615. The van der Waals surface area contributed by atoms with Gasteiger partial charge in [-0.2, -0.15) is 0 Å². The van der Waals surface area contributed by atoms with Gasteiger partial charge in [-0.3, -0.25) is 4.79 Å². The summed E-state index contributed by atoms with van der Waals surface area (Å²) >= 11 is 0. The van der Waals surface area contributed by atoms with E-state index in [1.165, 1.54) is 0 Å². The van der Waals surface area contributed by atoms with Gasteiger partial charge in [0.1, 0.15) is 0 Å². The monoisotopic (exact) mass is 230 g/mol. The Morgan fingerprint density at radius 2 is 2.31 bits per heavy atom. The first-order valence-electron chi connectivity index (χ1n) is 5.59. The third kappa shape index (κ3) is 2.72. The van der Waals surface area contributed by atoms with Crippen LogP contribution in [0.1, 0.15) is 27.2 Å². The zero-order chi connectivity index (χ0) is 12.4. The number of nitrogens with one attached hydrogen (secondary N) is 1. The van der Waals surface area contributed by atoms with Gasteiger partial charge in [-0.25, -0.2) is 0 Å². The van der Waals surface area contributed by atoms with E-state index in [1.807, 2.05) is 20.8 Å². The summed E-state index contributed by atoms with van der Waals surface area (Å²) in [5, 5.41) is 11.8. The molecule has 1 saturated heterocycles. The number of hydrogen-bond donors (Lipinski definition) is 3. The van der Waals surface area contributed by atoms with Gasteiger partial charge in [-0.05, 0) is 27.2 Å². The van der Waals surface area contributed by atoms with Gasteiger partial charge in [0.2, 0.25) is 5.91 Å². The van der Waals surface area contributed by atoms with Crippen LogP contribution in [0.5, 0.6) is 0 Å². The molecule has 2 atom stereocenters. The number of ether oxygens (including phenoxy) is 1. The summed E-state index contributed by atoms with van der Waals surface area (Å²) in [6, 6.07) is -0.266. The molecule has 0 saturated carbocycles. The third-order valence-corrected chi connectivity index (χ3v) is 3.23. The van der Waals surface area contributed by atoms with Crippen LogP contribution in [0.3, 0.4) is 0 Å². The number of aliphatic hydroxyl groups excluding tert-OH is 1. The molecule has 0 bridgehead atoms. The Balaban J connectivity index is 2.64. The predicted octanol–water partition coefficient (Wildman–Crippen LogP) is -0.373. The maximum absolute atomic E-state index is 12.1. The van der Waals surface area contributed by atoms with Crippen molar-refractivity contribution in [2.45, 2.75) is 38.8 Å². The Hall–Kier alpha value is -0.650. The molecule has 1 rings (SSSR count). The number of carbonyl (C=O) groups excluding carboxylic acids is 1. The van der Waals surface area contributed by atoms with E-state index in [1.54, 1.807) is 0 Å². The van der Waals surface area contributed by atoms with E-state index < -0.39 is 11.0 Å². The lowest BCUT2D eigenvalue weighted by atomic mass is 9.83. The standard InChI is InChI=1S/C11H22N2O3/c1-10(2,4-5-14)13-9(15)11(3)7-16-6-8(11)12/h8,14H,4-7,12H2,1-3H3,(H,13,15). The minimum atomic E-state index is -0.660. The maximum atomic E-state index is 12.1. The molecule has 0 spiro atoms. The lowest BCUT2D eigenvalue weighted by Gasteiger charge is -2.32. The van der Waals surface area contributed by atoms with Crippen LogP contribution < -0.4 is 11.1 Å². The molecule has 1 aliphatic heterocycles. The highest BCUT2D eigenvalue weighted by Crippen LogP contribution is 2.28. The molecule has 4 N–H and O–H groups in total. The van der Waals surface area contributed by atoms with Crippen molar-refractivity contribution in [1.82, 2.24) is 5.32 Å². The summed E-state index contributed by atoms with van der Waals surface area (Å²) in [6.45, 7) is 6.40. The van der Waals surface area contributed by atoms with E-state index in [4.69, 9.17) is 15.6 Å². The molecule has 5 heteroatoms. The number of amides is 1. The fourth-order valence-electron chi connectivity index (χ4n) is 1.71. The van der Waals surface area contributed by atoms with Crippen LogP contribution in [0.2, 0.25) is 0 Å². The van der Waals surface area contributed by atoms with Gasteiger partial charge in [-0.1, -0.05) is 0 Å². The van der Waals surface area contributed by atoms with Crippen molar-refractivity contribution >= 4 is 5.91 Å². The average molecular weight is 230 g/mol. The lowest BCUT2D eigenvalue weighted by Crippen LogP contribution is -2.55. The first-order chi connectivity index (χ1) is 7.32. The van der Waals surface area contributed by atoms with Crippen molar-refractivity contribution in [2.75, 3.05) is 19.8 Å². The minimum absolute atomic E-state index is 0.0482. The summed E-state index contributed by atoms with van der Waals surface area (Å²) in [7, 11) is 0. The van der Waals surface area contributed by atoms with Gasteiger partial charge in [-0.15, -0.1) is 0 Å². The van der Waals surface area contributed by atoms with E-state index in [-0.39, 0.29) is 18.6 Å². The highest BCUT2D eigenvalue weighted by atomic mass is 16.5. The van der Waals surface area contributed by atoms with Crippen molar-refractivity contribution in [2.24, 2.45) is 11.1 Å². The molecule has 1 heterocycles. The molecule has 16 heavy (non-hydrogen) atoms. The third-order valence-electron chi connectivity index (χ3n) is 3.23. The molecule has 0 aromatic rings. The summed E-state index contributed by atoms with van der Waals surface area (Å²) in [6.07, 6.45) is 0.519. The van der Waals surface area contributed by atoms with E-state index >= 15 is 0 Å². The first-order valence-corrected chi connectivity index (χ1v) is 5.59. The van der Waals surface area contributed by atoms with Crippen LogP contribution in [0.4, 0.5) is 0 Å². The second-order valence-electron chi connectivity index (χ2n) is 5.35. The summed E-state index contributed by atoms with van der Waals surface area (Å²) < 4.78 is 5.23. The number of hydrogen-bond acceptors (Lipinski definition) is 4. The molecule has 1 aliphatic rings. The lowest BCUT2D eigenvalue weighted by molar-refractivity contribution is -0.132. The number of carbonyl (C=O) groups is 1. The van der Waals surface area contributed by atoms with Gasteiger partial charge in [0.15, 0.2) is 0 Å². The fraction of sp³-hybridized carbons (Fsp3) is 0.909. The van der Waals surface area contributed by atoms with Gasteiger partial charge in [0.25, 0.3) is 0 Å². The Bertz CT molecular complexity index is 268. The summed E-state index contributed by atoms with van der Waals surface area (Å²) in [5.74, 6) is -0.101. The Labute approximate surface area is 96.3 Å². The Morgan fingerprint density at radius 3 is 2.75 bits per heavy atom. The van der Waals surface area contributed by atoms with E-state index in [2.05, 4.69) is 5.32 Å². The van der Waals surface area contributed by atoms with Crippen molar-refractivity contribution in [3.63, 3.8) is 0 Å². The van der Waals surface area contributed by atoms with Crippen LogP contribution >= 0.6 is 0 Å². The van der Waals surface area contributed by atoms with Gasteiger partial charge in [0.05, 0.1) is 18.6 Å². The first kappa shape index (κ1) is 13.4. The molecule has 1 amide bonds. The molecule has 1 fully saturated rings. The summed E-state index contributed by atoms with van der Waals surface area (Å²) in [4.78, 5) is 12.1. The van der Waals surface area contributed by atoms with Crippen LogP contribution in [-0.2, 0) is 9.53 Å². The SMILES string of the molecule is CC(C)(CCO)NC(=O)C1(C)COCC1N. The van der Waals surface area contributed by atoms with Crippen molar-refractivity contribution in [3.8, 4) is 0 Å². The largest absolute Gasteiger partial charge is 0.396 e. The highest BCUT2D eigenvalue weighted by molar-refractivity contribution is 5.84. The van der Waals surface area contributed by atoms with Crippen LogP contribution in [0.15, 0.2) is 0 Å². The molecule has 0 aromatic heterocycles. The number of nitrogens with two attached hydrogens (primary N) is 1. The van der Waals surface area contributed by atoms with Crippen LogP contribution in [-0.4, -0.2) is 42.4 Å². The molecule has 0 aromatic carbocycles. The number of aliphatic hydroxyl groups is 1. The normalized spacial score (nSPS) is 30.4. The zero-order valence-corrected chi connectivity index (χ0v) is 10.2. The van der Waals surface area contributed by atoms with Crippen molar-refractivity contribution < 1.29 is 14.6 Å². The van der Waals surface area contributed by atoms with Gasteiger partial charge < -0.3 is 20.9 Å². The van der Waals surface area contributed by atoms with Crippen molar-refractivity contribution in [3.05, 3.63) is 0 Å². The Morgan fingerprint density at radius 1 is 1.69 bits per heavy atom. The summed E-state index contributed by atoms with van der Waals surface area (Å²) in [5.41, 5.74) is 4.79. The van der Waals surface area contributed by atoms with Gasteiger partial charge >= 0.3 is 0 Å². The van der Waals surface area contributed by atoms with Crippen LogP contribution in [0.25, 0.3) is 0 Å². The molecule has 5 nitrogen and oxygen atoms in total. The smallest absolute Gasteiger partial charge is 0.230 e. The zero-order valence-electron chi connectivity index (χ0n) is 10.2. The van der Waals surface area contributed by atoms with Crippen molar-refractivity contribution in [1.29, 1.82) is 0 Å². The highest BCUT2D eigenvalue weighted by Gasteiger charge is 2.45. The molecular weight excluding hydrogens is 208 g/mol. The topological polar surface area (TPSA) is 84.6 Å². The van der Waals surface area contributed by atoms with E-state index in [0.29, 0.717) is 19.6 Å². The van der Waals surface area contributed by atoms with E-state index in [0.717, 1.165) is 0 Å². The average Bonchev–Trinajstić information content (AvgIpc) is 2.47. The predicted molar refractivity (Wildman–Crippen MR) is 60.8 cm³/mol. The second-order valence-corrected chi connectivity index (χ2v) is 5.35. The molecule has 0 radical (unpaired) electrons. The molecular formula is C11H22N2O3. The minimum Gasteiger partial charge on any atom is -0.396 e.